The van der Waals surface area contributed by atoms with Crippen LogP contribution in [0.2, 0.25) is 0 Å². The largest absolute Gasteiger partial charge is 0.418 e. The van der Waals surface area contributed by atoms with Gasteiger partial charge < -0.3 is 0 Å². The molecule has 0 fully saturated rings. The maximum atomic E-state index is 12.4. The van der Waals surface area contributed by atoms with Crippen LogP contribution in [-0.2, 0) is 9.59 Å². The van der Waals surface area contributed by atoms with E-state index in [0.717, 1.165) is 20.8 Å². The summed E-state index contributed by atoms with van der Waals surface area (Å²) >= 11 is 0. The molecule has 1 amide bonds. The van der Waals surface area contributed by atoms with Crippen LogP contribution in [0.3, 0.4) is 0 Å². The molecule has 0 aliphatic rings. The van der Waals surface area contributed by atoms with Gasteiger partial charge in [-0.05, 0) is 13.8 Å². The summed E-state index contributed by atoms with van der Waals surface area (Å²) < 4.78 is 37.3. The fourth-order valence-corrected chi connectivity index (χ4v) is 0.760. The number of hydrogen-bond donors (Lipinski definition) is 1. The third-order valence-corrected chi connectivity index (χ3v) is 1.65. The second kappa shape index (κ2) is 5.43. The molecule has 0 aliphatic carbocycles. The number of ketones is 1. The first-order valence-electron chi connectivity index (χ1n) is 4.25. The number of hydrazone groups is 1. The molecule has 0 rings (SSSR count). The van der Waals surface area contributed by atoms with Crippen molar-refractivity contribution in [1.82, 2.24) is 5.43 Å². The van der Waals surface area contributed by atoms with E-state index >= 15 is 0 Å². The molecule has 0 atom stereocenters. The number of nitrogens with zero attached hydrogens (tertiary/aromatic N) is 1. The van der Waals surface area contributed by atoms with Gasteiger partial charge in [-0.25, -0.2) is 5.43 Å². The Kier molecular flexibility index (Phi) is 4.87. The number of carbonyl (C=O) groups is 2. The van der Waals surface area contributed by atoms with Gasteiger partial charge in [0, 0.05) is 12.5 Å². The maximum absolute atomic E-state index is 12.4. The van der Waals surface area contributed by atoms with E-state index in [1.165, 1.54) is 0 Å². The smallest absolute Gasteiger partial charge is 0.295 e. The van der Waals surface area contributed by atoms with Gasteiger partial charge in [0.05, 0.1) is 11.8 Å². The molecule has 7 heteroatoms. The van der Waals surface area contributed by atoms with Gasteiger partial charge in [-0.1, -0.05) is 0 Å². The standard InChI is InChI=1S/C9H11F3N2O2/c1-5(6(2)15)8(9(10,11)12)4-13-14-7(3)16/h4H,1-3H3,(H,14,16)/b8-5-,13-4+. The minimum atomic E-state index is -4.68. The lowest BCUT2D eigenvalue weighted by atomic mass is 10.1. The number of allylic oxidation sites excluding steroid dienone is 2. The van der Waals surface area contributed by atoms with Crippen LogP contribution in [0.4, 0.5) is 13.2 Å². The number of Topliss-reactive ketones (excluding diaryl/α,β-unsaturated/α-hetero) is 1. The SMILES string of the molecule is CC(=O)N/N=C/C(=C(\C)C(C)=O)C(F)(F)F. The van der Waals surface area contributed by atoms with Gasteiger partial charge in [0.15, 0.2) is 5.78 Å². The van der Waals surface area contributed by atoms with Gasteiger partial charge >= 0.3 is 6.18 Å². The van der Waals surface area contributed by atoms with E-state index in [9.17, 15) is 22.8 Å². The molecule has 0 aliphatic heterocycles. The van der Waals surface area contributed by atoms with E-state index in [-0.39, 0.29) is 0 Å². The molecular formula is C9H11F3N2O2. The molecule has 1 N–H and O–H groups in total. The Bertz CT molecular complexity index is 356. The van der Waals surface area contributed by atoms with E-state index in [4.69, 9.17) is 0 Å². The van der Waals surface area contributed by atoms with Crippen LogP contribution in [0.25, 0.3) is 0 Å². The number of hydrogen-bond acceptors (Lipinski definition) is 3. The minimum absolute atomic E-state index is 0.415. The van der Waals surface area contributed by atoms with Crippen molar-refractivity contribution in [3.8, 4) is 0 Å². The monoisotopic (exact) mass is 236 g/mol. The van der Waals surface area contributed by atoms with Crippen molar-refractivity contribution in [1.29, 1.82) is 0 Å². The predicted octanol–water partition coefficient (Wildman–Crippen LogP) is 1.58. The zero-order chi connectivity index (χ0) is 12.9. The average molecular weight is 236 g/mol. The molecule has 0 spiro atoms. The number of rotatable bonds is 3. The molecule has 0 unspecified atom stereocenters. The van der Waals surface area contributed by atoms with Crippen molar-refractivity contribution in [2.75, 3.05) is 0 Å². The van der Waals surface area contributed by atoms with Crippen molar-refractivity contribution in [3.05, 3.63) is 11.1 Å². The summed E-state index contributed by atoms with van der Waals surface area (Å²) in [4.78, 5) is 21.2. The summed E-state index contributed by atoms with van der Waals surface area (Å²) in [5.74, 6) is -1.31. The number of halogens is 3. The van der Waals surface area contributed by atoms with Crippen LogP contribution < -0.4 is 5.43 Å². The summed E-state index contributed by atoms with van der Waals surface area (Å²) in [7, 11) is 0. The first-order valence-corrected chi connectivity index (χ1v) is 4.25. The molecule has 16 heavy (non-hydrogen) atoms. The topological polar surface area (TPSA) is 58.5 Å². The molecule has 0 bridgehead atoms. The van der Waals surface area contributed by atoms with Gasteiger partial charge in [0.2, 0.25) is 5.91 Å². The zero-order valence-electron chi connectivity index (χ0n) is 8.97. The Balaban J connectivity index is 5.14. The van der Waals surface area contributed by atoms with E-state index < -0.39 is 29.0 Å². The predicted molar refractivity (Wildman–Crippen MR) is 51.7 cm³/mol. The van der Waals surface area contributed by atoms with Gasteiger partial charge in [-0.2, -0.15) is 18.3 Å². The summed E-state index contributed by atoms with van der Waals surface area (Å²) in [5, 5.41) is 3.09. The molecule has 0 heterocycles. The molecule has 0 aromatic carbocycles. The first-order chi connectivity index (χ1) is 7.16. The van der Waals surface area contributed by atoms with Crippen molar-refractivity contribution in [3.63, 3.8) is 0 Å². The Morgan fingerprint density at radius 1 is 1.19 bits per heavy atom. The lowest BCUT2D eigenvalue weighted by Gasteiger charge is -2.09. The summed E-state index contributed by atoms with van der Waals surface area (Å²) in [5.41, 5.74) is 0.198. The third-order valence-electron chi connectivity index (χ3n) is 1.65. The minimum Gasteiger partial charge on any atom is -0.295 e. The van der Waals surface area contributed by atoms with Crippen LogP contribution in [0.15, 0.2) is 16.2 Å². The summed E-state index contributed by atoms with van der Waals surface area (Å²) in [6.07, 6.45) is -4.27. The first kappa shape index (κ1) is 14.3. The van der Waals surface area contributed by atoms with Crippen LogP contribution in [0.5, 0.6) is 0 Å². The quantitative estimate of drug-likeness (QED) is 0.459. The van der Waals surface area contributed by atoms with Crippen LogP contribution in [-0.4, -0.2) is 24.1 Å². The highest BCUT2D eigenvalue weighted by atomic mass is 19.4. The molecule has 90 valence electrons. The molecule has 0 saturated heterocycles. The summed E-state index contributed by atoms with van der Waals surface area (Å²) in [6.45, 7) is 3.17. The molecular weight excluding hydrogens is 225 g/mol. The third kappa shape index (κ3) is 4.72. The lowest BCUT2D eigenvalue weighted by Crippen LogP contribution is -2.20. The van der Waals surface area contributed by atoms with Gasteiger partial charge in [0.25, 0.3) is 0 Å². The average Bonchev–Trinajstić information content (AvgIpc) is 2.08. The Morgan fingerprint density at radius 3 is 2.00 bits per heavy atom. The Morgan fingerprint density at radius 2 is 1.69 bits per heavy atom. The highest BCUT2D eigenvalue weighted by Gasteiger charge is 2.35. The van der Waals surface area contributed by atoms with Crippen molar-refractivity contribution in [2.24, 2.45) is 5.10 Å². The fourth-order valence-electron chi connectivity index (χ4n) is 0.760. The van der Waals surface area contributed by atoms with E-state index in [2.05, 4.69) is 5.10 Å². The number of carbonyl (C=O) groups excluding carboxylic acids is 2. The zero-order valence-corrected chi connectivity index (χ0v) is 8.97. The molecule has 4 nitrogen and oxygen atoms in total. The van der Waals surface area contributed by atoms with Gasteiger partial charge in [0.1, 0.15) is 0 Å². The number of alkyl halides is 3. The maximum Gasteiger partial charge on any atom is 0.418 e. The molecule has 0 saturated carbocycles. The second-order valence-electron chi connectivity index (χ2n) is 3.02. The van der Waals surface area contributed by atoms with Crippen molar-refractivity contribution < 1.29 is 22.8 Å². The van der Waals surface area contributed by atoms with Gasteiger partial charge in [-0.3, -0.25) is 9.59 Å². The highest BCUT2D eigenvalue weighted by molar-refractivity contribution is 6.00. The van der Waals surface area contributed by atoms with E-state index in [1.807, 2.05) is 5.43 Å². The highest BCUT2D eigenvalue weighted by Crippen LogP contribution is 2.27. The van der Waals surface area contributed by atoms with E-state index in [1.54, 1.807) is 0 Å². The molecule has 0 radical (unpaired) electrons. The number of amides is 1. The Hall–Kier alpha value is -1.66. The fraction of sp³-hybridized carbons (Fsp3) is 0.444. The van der Waals surface area contributed by atoms with Crippen molar-refractivity contribution in [2.45, 2.75) is 26.9 Å². The van der Waals surface area contributed by atoms with Crippen LogP contribution in [0.1, 0.15) is 20.8 Å². The normalized spacial score (nSPS) is 13.6. The van der Waals surface area contributed by atoms with Crippen LogP contribution in [0, 0.1) is 0 Å². The molecule has 0 aromatic rings. The lowest BCUT2D eigenvalue weighted by molar-refractivity contribution is -0.119. The second-order valence-corrected chi connectivity index (χ2v) is 3.02. The van der Waals surface area contributed by atoms with Crippen LogP contribution >= 0.6 is 0 Å². The van der Waals surface area contributed by atoms with Gasteiger partial charge in [-0.15, -0.1) is 0 Å². The van der Waals surface area contributed by atoms with E-state index in [0.29, 0.717) is 6.21 Å². The van der Waals surface area contributed by atoms with Crippen molar-refractivity contribution >= 4 is 17.9 Å². The number of nitrogens with one attached hydrogen (secondary N) is 1. The summed E-state index contributed by atoms with van der Waals surface area (Å²) in [6, 6.07) is 0. The molecule has 0 aromatic heterocycles. The Labute approximate surface area is 90.2 Å².